The van der Waals surface area contributed by atoms with Crippen LogP contribution in [0, 0.1) is 11.8 Å². The van der Waals surface area contributed by atoms with Gasteiger partial charge in [-0.05, 0) is 38.3 Å². The molecule has 0 amide bonds. The van der Waals surface area contributed by atoms with Gasteiger partial charge in [-0.1, -0.05) is 25.7 Å². The maximum Gasteiger partial charge on any atom is 0.0434 e. The molecule has 1 heterocycles. The monoisotopic (exact) mass is 197 g/mol. The van der Waals surface area contributed by atoms with E-state index in [-0.39, 0.29) is 0 Å². The lowest BCUT2D eigenvalue weighted by atomic mass is 9.77. The van der Waals surface area contributed by atoms with Gasteiger partial charge in [0.25, 0.3) is 0 Å². The van der Waals surface area contributed by atoms with Crippen LogP contribution in [0.1, 0.15) is 38.5 Å². The van der Waals surface area contributed by atoms with Gasteiger partial charge in [-0.3, -0.25) is 0 Å². The second kappa shape index (κ2) is 4.63. The highest BCUT2D eigenvalue weighted by Crippen LogP contribution is 2.39. The van der Waals surface area contributed by atoms with Crippen LogP contribution in [0.25, 0.3) is 0 Å². The standard InChI is InChI=1S/C12H23NO/c1-13-8-6-12(13)11(7-9-14)10-4-2-3-5-10/h10-12,14H,2-9H2,1H3. The number of rotatable bonds is 4. The Morgan fingerprint density at radius 2 is 2.00 bits per heavy atom. The summed E-state index contributed by atoms with van der Waals surface area (Å²) in [7, 11) is 2.23. The second-order valence-electron chi connectivity index (χ2n) is 5.06. The molecule has 2 heteroatoms. The van der Waals surface area contributed by atoms with E-state index in [1.165, 1.54) is 38.6 Å². The summed E-state index contributed by atoms with van der Waals surface area (Å²) >= 11 is 0. The normalized spacial score (nSPS) is 31.7. The summed E-state index contributed by atoms with van der Waals surface area (Å²) in [6.45, 7) is 1.64. The third kappa shape index (κ3) is 1.96. The number of hydrogen-bond acceptors (Lipinski definition) is 2. The predicted octanol–water partition coefficient (Wildman–Crippen LogP) is 1.88. The minimum atomic E-state index is 0.380. The maximum absolute atomic E-state index is 9.13. The number of likely N-dealkylation sites (tertiary alicyclic amines) is 1. The van der Waals surface area contributed by atoms with Gasteiger partial charge in [0, 0.05) is 12.6 Å². The van der Waals surface area contributed by atoms with E-state index < -0.39 is 0 Å². The lowest BCUT2D eigenvalue weighted by molar-refractivity contribution is 0.0329. The van der Waals surface area contributed by atoms with Gasteiger partial charge >= 0.3 is 0 Å². The summed E-state index contributed by atoms with van der Waals surface area (Å²) in [4.78, 5) is 2.47. The molecule has 1 saturated heterocycles. The molecular formula is C12H23NO. The summed E-state index contributed by atoms with van der Waals surface area (Å²) in [6, 6.07) is 0.783. The number of aliphatic hydroxyl groups excluding tert-OH is 1. The molecule has 0 spiro atoms. The molecule has 1 saturated carbocycles. The average molecular weight is 197 g/mol. The minimum absolute atomic E-state index is 0.380. The predicted molar refractivity (Wildman–Crippen MR) is 58.2 cm³/mol. The van der Waals surface area contributed by atoms with E-state index >= 15 is 0 Å². The molecular weight excluding hydrogens is 174 g/mol. The molecule has 1 N–H and O–H groups in total. The lowest BCUT2D eigenvalue weighted by Crippen LogP contribution is -2.51. The van der Waals surface area contributed by atoms with Crippen molar-refractivity contribution in [2.75, 3.05) is 20.2 Å². The second-order valence-corrected chi connectivity index (χ2v) is 5.06. The van der Waals surface area contributed by atoms with E-state index in [2.05, 4.69) is 11.9 Å². The van der Waals surface area contributed by atoms with E-state index in [1.807, 2.05) is 0 Å². The van der Waals surface area contributed by atoms with E-state index in [1.54, 1.807) is 0 Å². The Kier molecular flexibility index (Phi) is 3.45. The quantitative estimate of drug-likeness (QED) is 0.744. The van der Waals surface area contributed by atoms with Gasteiger partial charge in [0.15, 0.2) is 0 Å². The smallest absolute Gasteiger partial charge is 0.0434 e. The van der Waals surface area contributed by atoms with Crippen LogP contribution in [0.2, 0.25) is 0 Å². The van der Waals surface area contributed by atoms with Crippen LogP contribution in [0.5, 0.6) is 0 Å². The molecule has 14 heavy (non-hydrogen) atoms. The highest BCUT2D eigenvalue weighted by atomic mass is 16.3. The molecule has 2 unspecified atom stereocenters. The number of aliphatic hydroxyl groups is 1. The first-order valence-electron chi connectivity index (χ1n) is 6.14. The number of nitrogens with zero attached hydrogens (tertiary/aromatic N) is 1. The number of hydrogen-bond donors (Lipinski definition) is 1. The van der Waals surface area contributed by atoms with Crippen LogP contribution >= 0.6 is 0 Å². The van der Waals surface area contributed by atoms with E-state index in [0.29, 0.717) is 6.61 Å². The fourth-order valence-corrected chi connectivity index (χ4v) is 3.35. The van der Waals surface area contributed by atoms with E-state index in [0.717, 1.165) is 24.3 Å². The van der Waals surface area contributed by atoms with Crippen LogP contribution in [-0.2, 0) is 0 Å². The van der Waals surface area contributed by atoms with Crippen molar-refractivity contribution in [2.24, 2.45) is 11.8 Å². The Morgan fingerprint density at radius 1 is 1.29 bits per heavy atom. The summed E-state index contributed by atoms with van der Waals surface area (Å²) < 4.78 is 0. The first-order chi connectivity index (χ1) is 6.83. The van der Waals surface area contributed by atoms with Crippen molar-refractivity contribution in [3.8, 4) is 0 Å². The molecule has 82 valence electrons. The molecule has 0 aromatic heterocycles. The van der Waals surface area contributed by atoms with Gasteiger partial charge in [-0.2, -0.15) is 0 Å². The highest BCUT2D eigenvalue weighted by Gasteiger charge is 2.37. The molecule has 2 rings (SSSR count). The summed E-state index contributed by atoms with van der Waals surface area (Å²) in [6.07, 6.45) is 8.05. The molecule has 1 aliphatic carbocycles. The van der Waals surface area contributed by atoms with Gasteiger partial charge in [-0.15, -0.1) is 0 Å². The van der Waals surface area contributed by atoms with Crippen LogP contribution in [-0.4, -0.2) is 36.2 Å². The van der Waals surface area contributed by atoms with Crippen molar-refractivity contribution in [2.45, 2.75) is 44.6 Å². The Hall–Kier alpha value is -0.0800. The molecule has 2 fully saturated rings. The molecule has 1 aliphatic heterocycles. The van der Waals surface area contributed by atoms with Crippen molar-refractivity contribution < 1.29 is 5.11 Å². The zero-order chi connectivity index (χ0) is 9.97. The fraction of sp³-hybridized carbons (Fsp3) is 1.00. The summed E-state index contributed by atoms with van der Waals surface area (Å²) in [5, 5.41) is 9.13. The summed E-state index contributed by atoms with van der Waals surface area (Å²) in [5.41, 5.74) is 0. The maximum atomic E-state index is 9.13. The van der Waals surface area contributed by atoms with Gasteiger partial charge in [0.1, 0.15) is 0 Å². The van der Waals surface area contributed by atoms with Crippen molar-refractivity contribution >= 4 is 0 Å². The van der Waals surface area contributed by atoms with Gasteiger partial charge < -0.3 is 10.0 Å². The Bertz CT molecular complexity index is 175. The third-order valence-corrected chi connectivity index (χ3v) is 4.31. The Balaban J connectivity index is 1.91. The molecule has 0 radical (unpaired) electrons. The molecule has 0 aromatic rings. The molecule has 2 nitrogen and oxygen atoms in total. The van der Waals surface area contributed by atoms with Crippen LogP contribution in [0.3, 0.4) is 0 Å². The SMILES string of the molecule is CN1CCC1C(CCO)C1CCCC1. The Labute approximate surface area is 87.3 Å². The topological polar surface area (TPSA) is 23.5 Å². The average Bonchev–Trinajstić information content (AvgIpc) is 2.67. The third-order valence-electron chi connectivity index (χ3n) is 4.31. The molecule has 2 atom stereocenters. The highest BCUT2D eigenvalue weighted by molar-refractivity contribution is 4.90. The lowest BCUT2D eigenvalue weighted by Gasteiger charge is -2.45. The molecule has 2 aliphatic rings. The summed E-state index contributed by atoms with van der Waals surface area (Å²) in [5.74, 6) is 1.69. The first-order valence-corrected chi connectivity index (χ1v) is 6.14. The van der Waals surface area contributed by atoms with E-state index in [4.69, 9.17) is 5.11 Å². The van der Waals surface area contributed by atoms with Crippen molar-refractivity contribution in [1.29, 1.82) is 0 Å². The Morgan fingerprint density at radius 3 is 2.43 bits per heavy atom. The van der Waals surface area contributed by atoms with Gasteiger partial charge in [0.2, 0.25) is 0 Å². The van der Waals surface area contributed by atoms with E-state index in [9.17, 15) is 0 Å². The van der Waals surface area contributed by atoms with Crippen molar-refractivity contribution in [3.05, 3.63) is 0 Å². The first kappa shape index (κ1) is 10.4. The van der Waals surface area contributed by atoms with Crippen LogP contribution in [0.15, 0.2) is 0 Å². The zero-order valence-electron chi connectivity index (χ0n) is 9.28. The van der Waals surface area contributed by atoms with Crippen LogP contribution < -0.4 is 0 Å². The van der Waals surface area contributed by atoms with Gasteiger partial charge in [0.05, 0.1) is 0 Å². The van der Waals surface area contributed by atoms with Crippen molar-refractivity contribution in [1.82, 2.24) is 4.90 Å². The molecule has 0 aromatic carbocycles. The molecule has 0 bridgehead atoms. The fourth-order valence-electron chi connectivity index (χ4n) is 3.35. The largest absolute Gasteiger partial charge is 0.396 e. The van der Waals surface area contributed by atoms with Gasteiger partial charge in [-0.25, -0.2) is 0 Å². The van der Waals surface area contributed by atoms with Crippen molar-refractivity contribution in [3.63, 3.8) is 0 Å². The minimum Gasteiger partial charge on any atom is -0.396 e. The zero-order valence-corrected chi connectivity index (χ0v) is 9.28. The van der Waals surface area contributed by atoms with Crippen LogP contribution in [0.4, 0.5) is 0 Å².